The van der Waals surface area contributed by atoms with E-state index >= 15 is 0 Å². The summed E-state index contributed by atoms with van der Waals surface area (Å²) in [7, 11) is -3.34. The van der Waals surface area contributed by atoms with Crippen molar-refractivity contribution in [3.8, 4) is 0 Å². The molecule has 1 aromatic rings. The number of fused-ring (bicyclic) bond motifs is 1. The van der Waals surface area contributed by atoms with E-state index in [1.807, 2.05) is 6.08 Å². The highest BCUT2D eigenvalue weighted by atomic mass is 29.3. The first-order valence-corrected chi connectivity index (χ1v) is 15.1. The van der Waals surface area contributed by atoms with Crippen LogP contribution in [-0.2, 0) is 6.42 Å². The molecule has 0 atom stereocenters. The van der Waals surface area contributed by atoms with Gasteiger partial charge in [0.1, 0.15) is 13.6 Å². The molecule has 0 aliphatic heterocycles. The van der Waals surface area contributed by atoms with Gasteiger partial charge in [0.05, 0.1) is 7.59 Å². The molecule has 0 heterocycles. The lowest BCUT2D eigenvalue weighted by atomic mass is 10.1. The summed E-state index contributed by atoms with van der Waals surface area (Å²) < 4.78 is 14.2. The van der Waals surface area contributed by atoms with E-state index in [2.05, 4.69) is 64.9 Å². The van der Waals surface area contributed by atoms with Crippen molar-refractivity contribution in [2.24, 2.45) is 0 Å². The second kappa shape index (κ2) is 5.43. The zero-order valence-electron chi connectivity index (χ0n) is 15.3. The zero-order valence-corrected chi connectivity index (χ0v) is 17.3. The van der Waals surface area contributed by atoms with Crippen LogP contribution in [0, 0.1) is 5.82 Å². The van der Waals surface area contributed by atoms with E-state index in [1.54, 1.807) is 6.07 Å². The summed E-state index contributed by atoms with van der Waals surface area (Å²) in [5, 5.41) is 1.45. The number of allylic oxidation sites excluding steroid dienone is 1. The van der Waals surface area contributed by atoms with Gasteiger partial charge in [-0.15, -0.1) is 0 Å². The van der Waals surface area contributed by atoms with Crippen molar-refractivity contribution < 1.29 is 4.39 Å². The Morgan fingerprint density at radius 1 is 1.09 bits per heavy atom. The molecule has 0 saturated carbocycles. The van der Waals surface area contributed by atoms with E-state index in [4.69, 9.17) is 0 Å². The highest BCUT2D eigenvalue weighted by molar-refractivity contribution is 7.44. The Bertz CT molecular complexity index is 625. The van der Waals surface area contributed by atoms with Gasteiger partial charge >= 0.3 is 0 Å². The fraction of sp³-hybridized carbons (Fsp3) is 0.556. The van der Waals surface area contributed by atoms with Crippen molar-refractivity contribution >= 4 is 26.6 Å². The number of hydrogen-bond donors (Lipinski definition) is 1. The van der Waals surface area contributed by atoms with Crippen molar-refractivity contribution in [1.29, 1.82) is 0 Å². The van der Waals surface area contributed by atoms with Crippen LogP contribution in [-0.4, -0.2) is 20.9 Å². The third kappa shape index (κ3) is 3.14. The Morgan fingerprint density at radius 3 is 2.23 bits per heavy atom. The Kier molecular flexibility index (Phi) is 4.35. The summed E-state index contributed by atoms with van der Waals surface area (Å²) in [6.07, 6.45) is 2.95. The van der Waals surface area contributed by atoms with Gasteiger partial charge in [-0.2, -0.15) is 0 Å². The predicted octanol–water partition coefficient (Wildman–Crippen LogP) is 4.37. The standard InChI is InChI=1S/C18H30FNSi2/c1-13-11-14-15(12-13)17(10-9-16(14)19)21(5,6)22(7,8)20-18(2,3)4/h9-11,20H,12H2,1-8H3. The van der Waals surface area contributed by atoms with Crippen LogP contribution in [0.15, 0.2) is 17.7 Å². The van der Waals surface area contributed by atoms with Gasteiger partial charge in [-0.25, -0.2) is 4.39 Å². The van der Waals surface area contributed by atoms with E-state index in [-0.39, 0.29) is 11.4 Å². The maximum Gasteiger partial charge on any atom is 0.130 e. The summed E-state index contributed by atoms with van der Waals surface area (Å²) in [6.45, 7) is 18.6. The number of benzene rings is 1. The van der Waals surface area contributed by atoms with Crippen LogP contribution < -0.4 is 10.2 Å². The van der Waals surface area contributed by atoms with Crippen LogP contribution in [0.25, 0.3) is 6.08 Å². The summed E-state index contributed by atoms with van der Waals surface area (Å²) in [4.78, 5) is 3.94. The minimum Gasteiger partial charge on any atom is -0.334 e. The fourth-order valence-electron chi connectivity index (χ4n) is 3.57. The van der Waals surface area contributed by atoms with E-state index in [0.29, 0.717) is 0 Å². The van der Waals surface area contributed by atoms with Crippen molar-refractivity contribution in [3.05, 3.63) is 34.6 Å². The number of halogens is 1. The summed E-state index contributed by atoms with van der Waals surface area (Å²) in [5.74, 6) is -0.0661. The quantitative estimate of drug-likeness (QED) is 0.809. The minimum absolute atomic E-state index is 0.0661. The molecular weight excluding hydrogens is 305 g/mol. The number of rotatable bonds is 3. The van der Waals surface area contributed by atoms with Crippen molar-refractivity contribution in [1.82, 2.24) is 4.98 Å². The smallest absolute Gasteiger partial charge is 0.130 e. The highest BCUT2D eigenvalue weighted by Gasteiger charge is 2.46. The largest absolute Gasteiger partial charge is 0.334 e. The van der Waals surface area contributed by atoms with Crippen LogP contribution in [0.2, 0.25) is 26.2 Å². The molecule has 0 fully saturated rings. The maximum atomic E-state index is 14.2. The third-order valence-electron chi connectivity index (χ3n) is 5.07. The normalized spacial score (nSPS) is 15.8. The Balaban J connectivity index is 2.51. The van der Waals surface area contributed by atoms with E-state index in [1.165, 1.54) is 16.3 Å². The molecule has 1 aromatic carbocycles. The molecule has 0 bridgehead atoms. The molecule has 0 amide bonds. The molecule has 0 radical (unpaired) electrons. The van der Waals surface area contributed by atoms with Crippen LogP contribution in [0.3, 0.4) is 0 Å². The molecule has 22 heavy (non-hydrogen) atoms. The zero-order chi connectivity index (χ0) is 16.9. The van der Waals surface area contributed by atoms with Gasteiger partial charge in [0.2, 0.25) is 0 Å². The van der Waals surface area contributed by atoms with Crippen molar-refractivity contribution in [3.63, 3.8) is 0 Å². The van der Waals surface area contributed by atoms with Gasteiger partial charge in [0.25, 0.3) is 0 Å². The molecule has 1 N–H and O–H groups in total. The van der Waals surface area contributed by atoms with Crippen LogP contribution in [0.4, 0.5) is 4.39 Å². The minimum atomic E-state index is -1.70. The fourth-order valence-corrected chi connectivity index (χ4v) is 12.7. The Hall–Kier alpha value is -0.716. The van der Waals surface area contributed by atoms with Crippen LogP contribution >= 0.6 is 0 Å². The monoisotopic (exact) mass is 335 g/mol. The lowest BCUT2D eigenvalue weighted by Gasteiger charge is -2.44. The second-order valence-electron chi connectivity index (χ2n) is 8.78. The first-order valence-electron chi connectivity index (χ1n) is 8.13. The predicted molar refractivity (Wildman–Crippen MR) is 101 cm³/mol. The highest BCUT2D eigenvalue weighted by Crippen LogP contribution is 2.30. The molecule has 2 rings (SSSR count). The summed E-state index contributed by atoms with van der Waals surface area (Å²) >= 11 is 0. The molecular formula is C18H30FNSi2. The maximum absolute atomic E-state index is 14.2. The van der Waals surface area contributed by atoms with Crippen molar-refractivity contribution in [2.75, 3.05) is 0 Å². The molecule has 4 heteroatoms. The van der Waals surface area contributed by atoms with Gasteiger partial charge in [-0.3, -0.25) is 0 Å². The molecule has 0 spiro atoms. The van der Waals surface area contributed by atoms with Crippen LogP contribution in [0.5, 0.6) is 0 Å². The van der Waals surface area contributed by atoms with Gasteiger partial charge in [0, 0.05) is 11.1 Å². The molecule has 0 saturated heterocycles. The van der Waals surface area contributed by atoms with Crippen LogP contribution in [0.1, 0.15) is 38.8 Å². The average Bonchev–Trinajstić information content (AvgIpc) is 2.68. The summed E-state index contributed by atoms with van der Waals surface area (Å²) in [6, 6.07) is 3.76. The average molecular weight is 336 g/mol. The first kappa shape index (κ1) is 17.6. The molecule has 0 unspecified atom stereocenters. The molecule has 0 aromatic heterocycles. The molecule has 1 nitrogen and oxygen atoms in total. The van der Waals surface area contributed by atoms with E-state index in [0.717, 1.165) is 12.0 Å². The van der Waals surface area contributed by atoms with Gasteiger partial charge in [0.15, 0.2) is 0 Å². The molecule has 122 valence electrons. The molecule has 1 aliphatic rings. The van der Waals surface area contributed by atoms with Gasteiger partial charge < -0.3 is 4.98 Å². The van der Waals surface area contributed by atoms with Crippen molar-refractivity contribution in [2.45, 2.75) is 65.8 Å². The lowest BCUT2D eigenvalue weighted by Crippen LogP contribution is -2.74. The van der Waals surface area contributed by atoms with E-state index in [9.17, 15) is 4.39 Å². The van der Waals surface area contributed by atoms with Gasteiger partial charge in [-0.05, 0) is 45.7 Å². The SMILES string of the molecule is CC1=Cc2c(F)ccc([Si](C)(C)[Si](C)(C)NC(C)(C)C)c2C1. The number of nitrogens with one attached hydrogen (secondary N) is 1. The third-order valence-corrected chi connectivity index (χ3v) is 21.9. The topological polar surface area (TPSA) is 12.0 Å². The lowest BCUT2D eigenvalue weighted by molar-refractivity contribution is 0.516. The Morgan fingerprint density at radius 2 is 1.68 bits per heavy atom. The summed E-state index contributed by atoms with van der Waals surface area (Å²) in [5.41, 5.74) is 3.49. The first-order chi connectivity index (χ1) is 9.85. The number of hydrogen-bond acceptors (Lipinski definition) is 1. The van der Waals surface area contributed by atoms with Gasteiger partial charge in [-0.1, -0.05) is 49.1 Å². The van der Waals surface area contributed by atoms with E-state index < -0.39 is 15.3 Å². The molecule has 1 aliphatic carbocycles. The Labute approximate surface area is 136 Å². The second-order valence-corrected chi connectivity index (χ2v) is 23.6.